The molecule has 1 amide bonds. The van der Waals surface area contributed by atoms with E-state index in [4.69, 9.17) is 0 Å². The van der Waals surface area contributed by atoms with Crippen molar-refractivity contribution in [1.82, 2.24) is 5.32 Å². The highest BCUT2D eigenvalue weighted by Gasteiger charge is 2.33. The van der Waals surface area contributed by atoms with Gasteiger partial charge in [0.1, 0.15) is 0 Å². The fourth-order valence-corrected chi connectivity index (χ4v) is 2.21. The van der Waals surface area contributed by atoms with Gasteiger partial charge >= 0.3 is 0 Å². The van der Waals surface area contributed by atoms with Gasteiger partial charge in [0.05, 0.1) is 0 Å². The number of amides is 1. The maximum absolute atomic E-state index is 11.9. The Morgan fingerprint density at radius 3 is 2.60 bits per heavy atom. The summed E-state index contributed by atoms with van der Waals surface area (Å²) in [7, 11) is 0. The Labute approximate surface area is 93.1 Å². The Morgan fingerprint density at radius 1 is 1.33 bits per heavy atom. The predicted octanol–water partition coefficient (Wildman–Crippen LogP) is 3.04. The molecule has 0 unspecified atom stereocenters. The minimum Gasteiger partial charge on any atom is -0.355 e. The lowest BCUT2D eigenvalue weighted by Gasteiger charge is -2.31. The van der Waals surface area contributed by atoms with E-state index in [-0.39, 0.29) is 11.3 Å². The molecule has 1 saturated carbocycles. The van der Waals surface area contributed by atoms with E-state index in [2.05, 4.69) is 18.3 Å². The lowest BCUT2D eigenvalue weighted by molar-refractivity contribution is -0.131. The molecule has 0 heterocycles. The molecule has 15 heavy (non-hydrogen) atoms. The van der Waals surface area contributed by atoms with Crippen LogP contribution in [0.1, 0.15) is 52.4 Å². The van der Waals surface area contributed by atoms with E-state index in [1.807, 2.05) is 13.0 Å². The molecule has 2 heteroatoms. The highest BCUT2D eigenvalue weighted by molar-refractivity contribution is 5.82. The summed E-state index contributed by atoms with van der Waals surface area (Å²) in [5, 5.41) is 3.04. The first-order valence-electron chi connectivity index (χ1n) is 6.08. The van der Waals surface area contributed by atoms with E-state index >= 15 is 0 Å². The third-order valence-corrected chi connectivity index (χ3v) is 3.34. The fraction of sp³-hybridized carbons (Fsp3) is 0.769. The molecular formula is C13H23NO. The largest absolute Gasteiger partial charge is 0.355 e. The van der Waals surface area contributed by atoms with Crippen LogP contribution in [-0.2, 0) is 4.79 Å². The van der Waals surface area contributed by atoms with Crippen molar-refractivity contribution in [2.75, 3.05) is 6.54 Å². The normalized spacial score (nSPS) is 20.4. The number of nitrogens with one attached hydrogen (secondary N) is 1. The Kier molecular flexibility index (Phi) is 4.86. The Morgan fingerprint density at radius 2 is 2.00 bits per heavy atom. The molecule has 0 spiro atoms. The van der Waals surface area contributed by atoms with Gasteiger partial charge in [-0.05, 0) is 26.2 Å². The standard InChI is InChI=1S/C13H23NO/c1-3-4-8-11-14-12(15)13(2)9-6-5-7-10-13/h3-4H,5-11H2,1-2H3,(H,14,15)/b4-3+. The van der Waals surface area contributed by atoms with Gasteiger partial charge in [0.25, 0.3) is 0 Å². The first kappa shape index (κ1) is 12.3. The molecule has 0 aromatic carbocycles. The average Bonchev–Trinajstić information content (AvgIpc) is 2.25. The monoisotopic (exact) mass is 209 g/mol. The summed E-state index contributed by atoms with van der Waals surface area (Å²) >= 11 is 0. The maximum atomic E-state index is 11.9. The molecular weight excluding hydrogens is 186 g/mol. The predicted molar refractivity (Wildman–Crippen MR) is 63.6 cm³/mol. The van der Waals surface area contributed by atoms with Gasteiger partial charge in [-0.15, -0.1) is 0 Å². The van der Waals surface area contributed by atoms with Crippen molar-refractivity contribution < 1.29 is 4.79 Å². The molecule has 0 aromatic rings. The highest BCUT2D eigenvalue weighted by Crippen LogP contribution is 2.35. The highest BCUT2D eigenvalue weighted by atomic mass is 16.2. The van der Waals surface area contributed by atoms with Crippen molar-refractivity contribution in [3.05, 3.63) is 12.2 Å². The summed E-state index contributed by atoms with van der Waals surface area (Å²) in [5.74, 6) is 0.256. The summed E-state index contributed by atoms with van der Waals surface area (Å²) in [6, 6.07) is 0. The first-order chi connectivity index (χ1) is 7.19. The van der Waals surface area contributed by atoms with Crippen LogP contribution in [0.2, 0.25) is 0 Å². The number of hydrogen-bond donors (Lipinski definition) is 1. The zero-order valence-electron chi connectivity index (χ0n) is 10.0. The molecule has 0 saturated heterocycles. The van der Waals surface area contributed by atoms with Crippen LogP contribution in [-0.4, -0.2) is 12.5 Å². The molecule has 1 fully saturated rings. The SMILES string of the molecule is C/C=C/CCNC(=O)C1(C)CCCCC1. The molecule has 0 atom stereocenters. The molecule has 0 aliphatic heterocycles. The van der Waals surface area contributed by atoms with Crippen LogP contribution in [0.5, 0.6) is 0 Å². The van der Waals surface area contributed by atoms with E-state index in [1.165, 1.54) is 19.3 Å². The minimum atomic E-state index is -0.0891. The maximum Gasteiger partial charge on any atom is 0.225 e. The topological polar surface area (TPSA) is 29.1 Å². The Hall–Kier alpha value is -0.790. The zero-order valence-corrected chi connectivity index (χ0v) is 10.0. The second kappa shape index (κ2) is 5.94. The summed E-state index contributed by atoms with van der Waals surface area (Å²) < 4.78 is 0. The lowest BCUT2D eigenvalue weighted by Crippen LogP contribution is -2.40. The number of allylic oxidation sites excluding steroid dienone is 1. The quantitative estimate of drug-likeness (QED) is 0.559. The van der Waals surface area contributed by atoms with E-state index in [9.17, 15) is 4.79 Å². The fourth-order valence-electron chi connectivity index (χ4n) is 2.21. The van der Waals surface area contributed by atoms with Gasteiger partial charge in [0, 0.05) is 12.0 Å². The van der Waals surface area contributed by atoms with Crippen molar-refractivity contribution in [1.29, 1.82) is 0 Å². The molecule has 1 N–H and O–H groups in total. The van der Waals surface area contributed by atoms with Crippen molar-refractivity contribution in [2.24, 2.45) is 5.41 Å². The van der Waals surface area contributed by atoms with Crippen LogP contribution in [0.3, 0.4) is 0 Å². The minimum absolute atomic E-state index is 0.0891. The second-order valence-corrected chi connectivity index (χ2v) is 4.73. The van der Waals surface area contributed by atoms with Crippen LogP contribution in [0.15, 0.2) is 12.2 Å². The third kappa shape index (κ3) is 3.69. The second-order valence-electron chi connectivity index (χ2n) is 4.73. The van der Waals surface area contributed by atoms with Crippen LogP contribution in [0.25, 0.3) is 0 Å². The first-order valence-corrected chi connectivity index (χ1v) is 6.08. The summed E-state index contributed by atoms with van der Waals surface area (Å²) in [5.41, 5.74) is -0.0891. The van der Waals surface area contributed by atoms with Crippen LogP contribution in [0.4, 0.5) is 0 Å². The van der Waals surface area contributed by atoms with Gasteiger partial charge in [-0.2, -0.15) is 0 Å². The average molecular weight is 209 g/mol. The molecule has 86 valence electrons. The van der Waals surface area contributed by atoms with E-state index in [1.54, 1.807) is 0 Å². The molecule has 2 nitrogen and oxygen atoms in total. The van der Waals surface area contributed by atoms with Crippen LogP contribution in [0, 0.1) is 5.41 Å². The van der Waals surface area contributed by atoms with Gasteiger partial charge < -0.3 is 5.32 Å². The van der Waals surface area contributed by atoms with Gasteiger partial charge in [-0.3, -0.25) is 4.79 Å². The van der Waals surface area contributed by atoms with Crippen molar-refractivity contribution in [3.63, 3.8) is 0 Å². The van der Waals surface area contributed by atoms with E-state index < -0.39 is 0 Å². The zero-order chi connectivity index (χ0) is 11.1. The smallest absolute Gasteiger partial charge is 0.225 e. The molecule has 0 aromatic heterocycles. The van der Waals surface area contributed by atoms with Crippen molar-refractivity contribution >= 4 is 5.91 Å². The molecule has 0 radical (unpaired) electrons. The molecule has 0 bridgehead atoms. The Bertz CT molecular complexity index is 227. The number of rotatable bonds is 4. The van der Waals surface area contributed by atoms with Crippen molar-refractivity contribution in [2.45, 2.75) is 52.4 Å². The third-order valence-electron chi connectivity index (χ3n) is 3.34. The van der Waals surface area contributed by atoms with Crippen LogP contribution < -0.4 is 5.32 Å². The van der Waals surface area contributed by atoms with Gasteiger partial charge in [-0.25, -0.2) is 0 Å². The van der Waals surface area contributed by atoms with E-state index in [0.717, 1.165) is 25.8 Å². The Balaban J connectivity index is 2.31. The van der Waals surface area contributed by atoms with Gasteiger partial charge in [0.2, 0.25) is 5.91 Å². The summed E-state index contributed by atoms with van der Waals surface area (Å²) in [6.07, 6.45) is 10.9. The number of hydrogen-bond acceptors (Lipinski definition) is 1. The van der Waals surface area contributed by atoms with Gasteiger partial charge in [0.15, 0.2) is 0 Å². The summed E-state index contributed by atoms with van der Waals surface area (Å²) in [4.78, 5) is 11.9. The number of carbonyl (C=O) groups excluding carboxylic acids is 1. The van der Waals surface area contributed by atoms with Crippen molar-refractivity contribution in [3.8, 4) is 0 Å². The lowest BCUT2D eigenvalue weighted by atomic mass is 9.75. The molecule has 1 aliphatic carbocycles. The molecule has 1 rings (SSSR count). The van der Waals surface area contributed by atoms with Crippen LogP contribution >= 0.6 is 0 Å². The molecule has 1 aliphatic rings. The van der Waals surface area contributed by atoms with Gasteiger partial charge in [-0.1, -0.05) is 38.3 Å². The summed E-state index contributed by atoms with van der Waals surface area (Å²) in [6.45, 7) is 4.89. The number of carbonyl (C=O) groups is 1. The van der Waals surface area contributed by atoms with E-state index in [0.29, 0.717) is 0 Å².